The molecule has 2 aromatic rings. The van der Waals surface area contributed by atoms with Gasteiger partial charge in [-0.3, -0.25) is 4.79 Å². The Kier molecular flexibility index (Phi) is 5.21. The van der Waals surface area contributed by atoms with Gasteiger partial charge < -0.3 is 14.6 Å². The van der Waals surface area contributed by atoms with E-state index in [-0.39, 0.29) is 11.7 Å². The zero-order chi connectivity index (χ0) is 15.2. The minimum absolute atomic E-state index is 0.106. The number of aryl methyl sites for hydroxylation is 1. The Morgan fingerprint density at radius 2 is 2.14 bits per heavy atom. The smallest absolute Gasteiger partial charge is 0.234 e. The van der Waals surface area contributed by atoms with E-state index in [1.54, 1.807) is 19.2 Å². The van der Waals surface area contributed by atoms with Crippen molar-refractivity contribution in [3.63, 3.8) is 0 Å². The third kappa shape index (κ3) is 3.75. The van der Waals surface area contributed by atoms with Gasteiger partial charge in [0.15, 0.2) is 5.16 Å². The fraction of sp³-hybridized carbons (Fsp3) is 0.357. The summed E-state index contributed by atoms with van der Waals surface area (Å²) in [4.78, 5) is 12.0. The van der Waals surface area contributed by atoms with Crippen molar-refractivity contribution in [2.45, 2.75) is 18.5 Å². The number of thioether (sulfide) groups is 1. The first-order valence-electron chi connectivity index (χ1n) is 6.59. The molecule has 21 heavy (non-hydrogen) atoms. The Morgan fingerprint density at radius 1 is 1.38 bits per heavy atom. The number of benzene rings is 1. The first kappa shape index (κ1) is 15.4. The number of hydrogen-bond acceptors (Lipinski definition) is 5. The molecule has 0 saturated carbocycles. The molecule has 1 N–H and O–H groups in total. The summed E-state index contributed by atoms with van der Waals surface area (Å²) in [6.45, 7) is 2.02. The van der Waals surface area contributed by atoms with Gasteiger partial charge in [-0.25, -0.2) is 0 Å². The minimum Gasteiger partial charge on any atom is -0.495 e. The fourth-order valence-corrected chi connectivity index (χ4v) is 2.57. The van der Waals surface area contributed by atoms with E-state index in [4.69, 9.17) is 4.74 Å². The molecular weight excluding hydrogens is 288 g/mol. The van der Waals surface area contributed by atoms with Crippen LogP contribution < -0.4 is 10.1 Å². The number of aromatic nitrogens is 3. The lowest BCUT2D eigenvalue weighted by Gasteiger charge is -2.09. The van der Waals surface area contributed by atoms with Gasteiger partial charge in [0.2, 0.25) is 5.91 Å². The maximum absolute atomic E-state index is 12.0. The number of nitrogens with zero attached hydrogens (tertiary/aromatic N) is 3. The first-order valence-corrected chi connectivity index (χ1v) is 7.58. The highest BCUT2D eigenvalue weighted by Crippen LogP contribution is 2.23. The van der Waals surface area contributed by atoms with Gasteiger partial charge in [0.1, 0.15) is 11.6 Å². The van der Waals surface area contributed by atoms with Crippen LogP contribution in [-0.4, -0.2) is 33.5 Å². The van der Waals surface area contributed by atoms with Crippen LogP contribution in [0.15, 0.2) is 29.4 Å². The van der Waals surface area contributed by atoms with Crippen LogP contribution in [0.25, 0.3) is 0 Å². The number of amides is 1. The van der Waals surface area contributed by atoms with Crippen molar-refractivity contribution in [3.8, 4) is 5.75 Å². The molecule has 2 rings (SSSR count). The molecule has 0 fully saturated rings. The number of hydrogen-bond donors (Lipinski definition) is 1. The molecule has 0 atom stereocenters. The van der Waals surface area contributed by atoms with Crippen LogP contribution in [0.3, 0.4) is 0 Å². The Labute approximate surface area is 127 Å². The summed E-state index contributed by atoms with van der Waals surface area (Å²) in [6.07, 6.45) is 0.817. The van der Waals surface area contributed by atoms with E-state index in [0.29, 0.717) is 11.4 Å². The standard InChI is InChI=1S/C14H18N4O2S/c1-4-12-16-17-14(18(12)2)21-9-13(19)15-10-7-5-6-8-11(10)20-3/h5-8H,4,9H2,1-3H3,(H,15,19). The van der Waals surface area contributed by atoms with E-state index in [0.717, 1.165) is 17.4 Å². The predicted octanol–water partition coefficient (Wildman–Crippen LogP) is 2.12. The lowest BCUT2D eigenvalue weighted by Crippen LogP contribution is -2.15. The molecule has 0 saturated heterocycles. The third-order valence-corrected chi connectivity index (χ3v) is 3.97. The van der Waals surface area contributed by atoms with Crippen LogP contribution in [0.5, 0.6) is 5.75 Å². The quantitative estimate of drug-likeness (QED) is 0.828. The van der Waals surface area contributed by atoms with E-state index in [2.05, 4.69) is 15.5 Å². The van der Waals surface area contributed by atoms with Crippen LogP contribution in [0.4, 0.5) is 5.69 Å². The number of carbonyl (C=O) groups excluding carboxylic acids is 1. The Bertz CT molecular complexity index is 627. The van der Waals surface area contributed by atoms with Crippen molar-refractivity contribution in [1.29, 1.82) is 0 Å². The van der Waals surface area contributed by atoms with Crippen molar-refractivity contribution >= 4 is 23.4 Å². The lowest BCUT2D eigenvalue weighted by molar-refractivity contribution is -0.113. The minimum atomic E-state index is -0.106. The maximum Gasteiger partial charge on any atom is 0.234 e. The van der Waals surface area contributed by atoms with Gasteiger partial charge in [-0.05, 0) is 12.1 Å². The summed E-state index contributed by atoms with van der Waals surface area (Å²) in [6, 6.07) is 7.31. The summed E-state index contributed by atoms with van der Waals surface area (Å²) in [5.41, 5.74) is 0.665. The molecular formula is C14H18N4O2S. The van der Waals surface area contributed by atoms with E-state index in [9.17, 15) is 4.79 Å². The average Bonchev–Trinajstić information content (AvgIpc) is 2.86. The first-order chi connectivity index (χ1) is 10.2. The molecule has 1 aromatic carbocycles. The number of anilines is 1. The molecule has 0 aliphatic heterocycles. The van der Waals surface area contributed by atoms with Crippen molar-refractivity contribution in [2.75, 3.05) is 18.2 Å². The zero-order valence-electron chi connectivity index (χ0n) is 12.3. The molecule has 1 heterocycles. The predicted molar refractivity (Wildman–Crippen MR) is 82.7 cm³/mol. The third-order valence-electron chi connectivity index (χ3n) is 2.95. The number of para-hydroxylation sites is 2. The number of ether oxygens (including phenoxy) is 1. The second kappa shape index (κ2) is 7.12. The van der Waals surface area contributed by atoms with Crippen LogP contribution in [0.2, 0.25) is 0 Å². The molecule has 0 unspecified atom stereocenters. The summed E-state index contributed by atoms with van der Waals surface area (Å²) >= 11 is 1.36. The molecule has 0 aliphatic rings. The van der Waals surface area contributed by atoms with E-state index >= 15 is 0 Å². The fourth-order valence-electron chi connectivity index (χ4n) is 1.84. The molecule has 1 amide bonds. The highest BCUT2D eigenvalue weighted by Gasteiger charge is 2.11. The number of methoxy groups -OCH3 is 1. The normalized spacial score (nSPS) is 10.4. The van der Waals surface area contributed by atoms with Crippen LogP contribution >= 0.6 is 11.8 Å². The SMILES string of the molecule is CCc1nnc(SCC(=O)Nc2ccccc2OC)n1C. The van der Waals surface area contributed by atoms with Crippen LogP contribution in [0, 0.1) is 0 Å². The van der Waals surface area contributed by atoms with Gasteiger partial charge in [-0.15, -0.1) is 10.2 Å². The van der Waals surface area contributed by atoms with Gasteiger partial charge in [0.25, 0.3) is 0 Å². The topological polar surface area (TPSA) is 69.0 Å². The Balaban J connectivity index is 1.94. The largest absolute Gasteiger partial charge is 0.495 e. The molecule has 0 aliphatic carbocycles. The van der Waals surface area contributed by atoms with Gasteiger partial charge in [-0.1, -0.05) is 30.8 Å². The molecule has 0 spiro atoms. The highest BCUT2D eigenvalue weighted by molar-refractivity contribution is 7.99. The molecule has 1 aromatic heterocycles. The molecule has 0 radical (unpaired) electrons. The van der Waals surface area contributed by atoms with Crippen molar-refractivity contribution in [1.82, 2.24) is 14.8 Å². The van der Waals surface area contributed by atoms with Crippen LogP contribution in [-0.2, 0) is 18.3 Å². The van der Waals surface area contributed by atoms with Gasteiger partial charge >= 0.3 is 0 Å². The zero-order valence-corrected chi connectivity index (χ0v) is 13.1. The highest BCUT2D eigenvalue weighted by atomic mass is 32.2. The van der Waals surface area contributed by atoms with Crippen LogP contribution in [0.1, 0.15) is 12.7 Å². The Hall–Kier alpha value is -2.02. The average molecular weight is 306 g/mol. The van der Waals surface area contributed by atoms with Crippen molar-refractivity contribution < 1.29 is 9.53 Å². The van der Waals surface area contributed by atoms with E-state index in [1.165, 1.54) is 11.8 Å². The maximum atomic E-state index is 12.0. The molecule has 6 nitrogen and oxygen atoms in total. The second-order valence-electron chi connectivity index (χ2n) is 4.35. The van der Waals surface area contributed by atoms with Gasteiger partial charge in [-0.2, -0.15) is 0 Å². The number of nitrogens with one attached hydrogen (secondary N) is 1. The van der Waals surface area contributed by atoms with E-state index in [1.807, 2.05) is 30.7 Å². The Morgan fingerprint density at radius 3 is 2.81 bits per heavy atom. The number of carbonyl (C=O) groups is 1. The summed E-state index contributed by atoms with van der Waals surface area (Å²) in [5.74, 6) is 1.71. The van der Waals surface area contributed by atoms with Crippen molar-refractivity contribution in [2.24, 2.45) is 7.05 Å². The summed E-state index contributed by atoms with van der Waals surface area (Å²) in [7, 11) is 3.48. The lowest BCUT2D eigenvalue weighted by atomic mass is 10.3. The molecule has 0 bridgehead atoms. The monoisotopic (exact) mass is 306 g/mol. The van der Waals surface area contributed by atoms with E-state index < -0.39 is 0 Å². The number of rotatable bonds is 6. The second-order valence-corrected chi connectivity index (χ2v) is 5.29. The van der Waals surface area contributed by atoms with Gasteiger partial charge in [0, 0.05) is 13.5 Å². The molecule has 112 valence electrons. The van der Waals surface area contributed by atoms with Crippen molar-refractivity contribution in [3.05, 3.63) is 30.1 Å². The molecule has 7 heteroatoms. The summed E-state index contributed by atoms with van der Waals surface area (Å²) < 4.78 is 7.10. The van der Waals surface area contributed by atoms with Gasteiger partial charge in [0.05, 0.1) is 18.6 Å². The summed E-state index contributed by atoms with van der Waals surface area (Å²) in [5, 5.41) is 11.7.